The van der Waals surface area contributed by atoms with E-state index in [4.69, 9.17) is 9.84 Å². The van der Waals surface area contributed by atoms with Gasteiger partial charge < -0.3 is 14.7 Å². The maximum Gasteiger partial charge on any atom is 0.407 e. The third-order valence-corrected chi connectivity index (χ3v) is 2.67. The first-order chi connectivity index (χ1) is 6.75. The normalized spacial score (nSPS) is 22.4. The average molecular weight is 201 g/mol. The predicted octanol–water partition coefficient (Wildman–Crippen LogP) is 1.95. The van der Waals surface area contributed by atoms with Crippen LogP contribution in [0.2, 0.25) is 0 Å². The molecule has 1 saturated heterocycles. The van der Waals surface area contributed by atoms with Crippen LogP contribution < -0.4 is 0 Å². The lowest BCUT2D eigenvalue weighted by Gasteiger charge is -2.33. The number of piperidine rings is 1. The molecule has 4 nitrogen and oxygen atoms in total. The van der Waals surface area contributed by atoms with Crippen molar-refractivity contribution >= 4 is 6.09 Å². The van der Waals surface area contributed by atoms with Gasteiger partial charge in [0.2, 0.25) is 0 Å². The number of rotatable bonds is 4. The number of likely N-dealkylation sites (tertiary alicyclic amines) is 1. The summed E-state index contributed by atoms with van der Waals surface area (Å²) in [5.74, 6) is 0. The fourth-order valence-corrected chi connectivity index (χ4v) is 1.92. The summed E-state index contributed by atoms with van der Waals surface area (Å²) in [6, 6.07) is 0.174. The van der Waals surface area contributed by atoms with Crippen LogP contribution in [0.4, 0.5) is 4.79 Å². The molecular weight excluding hydrogens is 182 g/mol. The highest BCUT2D eigenvalue weighted by molar-refractivity contribution is 5.65. The molecule has 1 aliphatic heterocycles. The smallest absolute Gasteiger partial charge is 0.407 e. The molecule has 0 radical (unpaired) electrons. The summed E-state index contributed by atoms with van der Waals surface area (Å²) in [5, 5.41) is 8.95. The van der Waals surface area contributed by atoms with Crippen LogP contribution in [0.15, 0.2) is 0 Å². The van der Waals surface area contributed by atoms with Crippen LogP contribution in [0.25, 0.3) is 0 Å². The van der Waals surface area contributed by atoms with Crippen LogP contribution >= 0.6 is 0 Å². The van der Waals surface area contributed by atoms with E-state index >= 15 is 0 Å². The Kier molecular flexibility index (Phi) is 4.73. The summed E-state index contributed by atoms with van der Waals surface area (Å²) in [6.07, 6.45) is 3.17. The van der Waals surface area contributed by atoms with Crippen molar-refractivity contribution in [1.29, 1.82) is 0 Å². The molecule has 1 fully saturated rings. The Morgan fingerprint density at radius 1 is 1.57 bits per heavy atom. The van der Waals surface area contributed by atoms with Gasteiger partial charge in [-0.2, -0.15) is 0 Å². The van der Waals surface area contributed by atoms with E-state index < -0.39 is 6.09 Å². The van der Waals surface area contributed by atoms with Gasteiger partial charge in [0, 0.05) is 25.8 Å². The highest BCUT2D eigenvalue weighted by Gasteiger charge is 2.25. The number of nitrogens with zero attached hydrogens (tertiary/aromatic N) is 1. The Labute approximate surface area is 84.8 Å². The number of hydrogen-bond donors (Lipinski definition) is 1. The second-order valence-electron chi connectivity index (χ2n) is 3.61. The summed E-state index contributed by atoms with van der Waals surface area (Å²) in [5.41, 5.74) is 0. The van der Waals surface area contributed by atoms with E-state index in [0.29, 0.717) is 19.8 Å². The minimum atomic E-state index is -0.786. The van der Waals surface area contributed by atoms with E-state index in [0.717, 1.165) is 25.7 Å². The Morgan fingerprint density at radius 2 is 2.36 bits per heavy atom. The summed E-state index contributed by atoms with van der Waals surface area (Å²) < 4.78 is 5.24. The van der Waals surface area contributed by atoms with E-state index in [2.05, 4.69) is 0 Å². The second-order valence-corrected chi connectivity index (χ2v) is 3.61. The molecule has 0 bridgehead atoms. The van der Waals surface area contributed by atoms with E-state index in [-0.39, 0.29) is 6.04 Å². The molecule has 14 heavy (non-hydrogen) atoms. The van der Waals surface area contributed by atoms with Gasteiger partial charge in [0.25, 0.3) is 0 Å². The quantitative estimate of drug-likeness (QED) is 0.707. The van der Waals surface area contributed by atoms with E-state index in [1.165, 1.54) is 0 Å². The summed E-state index contributed by atoms with van der Waals surface area (Å²) >= 11 is 0. The Morgan fingerprint density at radius 3 is 3.00 bits per heavy atom. The molecule has 1 rings (SSSR count). The van der Waals surface area contributed by atoms with Gasteiger partial charge in [0.05, 0.1) is 0 Å². The number of carboxylic acid groups (broad SMARTS) is 1. The maximum atomic E-state index is 10.9. The van der Waals surface area contributed by atoms with Crippen molar-refractivity contribution in [2.24, 2.45) is 0 Å². The summed E-state index contributed by atoms with van der Waals surface area (Å²) in [4.78, 5) is 12.4. The van der Waals surface area contributed by atoms with Crippen LogP contribution in [-0.2, 0) is 4.74 Å². The third-order valence-electron chi connectivity index (χ3n) is 2.67. The van der Waals surface area contributed by atoms with Gasteiger partial charge in [-0.15, -0.1) is 0 Å². The molecule has 0 saturated carbocycles. The monoisotopic (exact) mass is 201 g/mol. The lowest BCUT2D eigenvalue weighted by Crippen LogP contribution is -2.43. The second kappa shape index (κ2) is 5.86. The molecule has 0 spiro atoms. The van der Waals surface area contributed by atoms with Gasteiger partial charge in [0.1, 0.15) is 0 Å². The van der Waals surface area contributed by atoms with Crippen LogP contribution in [0.3, 0.4) is 0 Å². The maximum absolute atomic E-state index is 10.9. The molecule has 1 unspecified atom stereocenters. The lowest BCUT2D eigenvalue weighted by atomic mass is 10.0. The average Bonchev–Trinajstić information content (AvgIpc) is 2.19. The molecule has 0 aromatic heterocycles. The molecule has 0 aromatic carbocycles. The van der Waals surface area contributed by atoms with Gasteiger partial charge in [-0.25, -0.2) is 4.79 Å². The lowest BCUT2D eigenvalue weighted by molar-refractivity contribution is 0.0779. The van der Waals surface area contributed by atoms with Crippen LogP contribution in [0.1, 0.15) is 32.6 Å². The number of carbonyl (C=O) groups is 1. The van der Waals surface area contributed by atoms with Crippen molar-refractivity contribution in [1.82, 2.24) is 4.90 Å². The van der Waals surface area contributed by atoms with Crippen LogP contribution in [-0.4, -0.2) is 41.9 Å². The Balaban J connectivity index is 2.34. The minimum absolute atomic E-state index is 0.174. The number of amides is 1. The van der Waals surface area contributed by atoms with Crippen molar-refractivity contribution in [3.63, 3.8) is 0 Å². The third kappa shape index (κ3) is 3.18. The van der Waals surface area contributed by atoms with Gasteiger partial charge >= 0.3 is 6.09 Å². The molecular formula is C10H19NO3. The first kappa shape index (κ1) is 11.3. The van der Waals surface area contributed by atoms with Crippen molar-refractivity contribution < 1.29 is 14.6 Å². The van der Waals surface area contributed by atoms with Crippen LogP contribution in [0.5, 0.6) is 0 Å². The van der Waals surface area contributed by atoms with E-state index in [1.54, 1.807) is 4.90 Å². The Hall–Kier alpha value is -0.770. The molecule has 1 N–H and O–H groups in total. The molecule has 1 amide bonds. The van der Waals surface area contributed by atoms with Crippen molar-refractivity contribution in [3.8, 4) is 0 Å². The molecule has 0 aromatic rings. The summed E-state index contributed by atoms with van der Waals surface area (Å²) in [6.45, 7) is 4.02. The van der Waals surface area contributed by atoms with Crippen molar-refractivity contribution in [3.05, 3.63) is 0 Å². The molecule has 1 atom stereocenters. The zero-order valence-corrected chi connectivity index (χ0v) is 8.74. The van der Waals surface area contributed by atoms with E-state index in [9.17, 15) is 4.79 Å². The predicted molar refractivity (Wildman–Crippen MR) is 53.5 cm³/mol. The first-order valence-corrected chi connectivity index (χ1v) is 5.33. The number of hydrogen-bond acceptors (Lipinski definition) is 2. The SMILES string of the molecule is CCOCCC1CCCCN1C(=O)O. The zero-order chi connectivity index (χ0) is 10.4. The van der Waals surface area contributed by atoms with Crippen LogP contribution in [0, 0.1) is 0 Å². The molecule has 1 heterocycles. The van der Waals surface area contributed by atoms with Crippen molar-refractivity contribution in [2.75, 3.05) is 19.8 Å². The molecule has 82 valence electrons. The summed E-state index contributed by atoms with van der Waals surface area (Å²) in [7, 11) is 0. The van der Waals surface area contributed by atoms with E-state index in [1.807, 2.05) is 6.92 Å². The standard InChI is InChI=1S/C10H19NO3/c1-2-14-8-6-9-5-3-4-7-11(9)10(12)13/h9H,2-8H2,1H3,(H,12,13). The van der Waals surface area contributed by atoms with Crippen molar-refractivity contribution in [2.45, 2.75) is 38.6 Å². The highest BCUT2D eigenvalue weighted by atomic mass is 16.5. The first-order valence-electron chi connectivity index (χ1n) is 5.33. The Bertz CT molecular complexity index is 184. The molecule has 4 heteroatoms. The number of ether oxygens (including phenoxy) is 1. The fourth-order valence-electron chi connectivity index (χ4n) is 1.92. The fraction of sp³-hybridized carbons (Fsp3) is 0.900. The minimum Gasteiger partial charge on any atom is -0.465 e. The molecule has 1 aliphatic rings. The van der Waals surface area contributed by atoms with Gasteiger partial charge in [0.15, 0.2) is 0 Å². The zero-order valence-electron chi connectivity index (χ0n) is 8.74. The molecule has 0 aliphatic carbocycles. The van der Waals surface area contributed by atoms with Gasteiger partial charge in [-0.05, 0) is 32.6 Å². The van der Waals surface area contributed by atoms with Gasteiger partial charge in [-0.1, -0.05) is 0 Å². The topological polar surface area (TPSA) is 49.8 Å². The van der Waals surface area contributed by atoms with Gasteiger partial charge in [-0.3, -0.25) is 0 Å². The largest absolute Gasteiger partial charge is 0.465 e. The highest BCUT2D eigenvalue weighted by Crippen LogP contribution is 2.19.